The monoisotopic (exact) mass is 333 g/mol. The fraction of sp³-hybridized carbons (Fsp3) is 0.556. The Labute approximate surface area is 143 Å². The van der Waals surface area contributed by atoms with E-state index in [1.54, 1.807) is 11.2 Å². The first-order chi connectivity index (χ1) is 11.3. The van der Waals surface area contributed by atoms with Crippen LogP contribution in [0.25, 0.3) is 5.70 Å². The molecule has 0 saturated carbocycles. The molecule has 0 spiro atoms. The van der Waals surface area contributed by atoms with Gasteiger partial charge in [0.05, 0.1) is 12.0 Å². The van der Waals surface area contributed by atoms with Gasteiger partial charge in [-0.05, 0) is 51.8 Å². The molecule has 2 N–H and O–H groups in total. The molecule has 2 rings (SSSR count). The minimum Gasteiger partial charge on any atom is -0.463 e. The largest absolute Gasteiger partial charge is 0.463 e. The number of rotatable bonds is 4. The first-order valence-electron chi connectivity index (χ1n) is 8.30. The number of likely N-dealkylation sites (tertiary alicyclic amines) is 1. The average molecular weight is 333 g/mol. The van der Waals surface area contributed by atoms with Crippen LogP contribution >= 0.6 is 0 Å². The molecule has 24 heavy (non-hydrogen) atoms. The molecule has 2 heterocycles. The van der Waals surface area contributed by atoms with E-state index in [1.807, 2.05) is 46.0 Å². The van der Waals surface area contributed by atoms with E-state index in [0.717, 1.165) is 18.5 Å². The summed E-state index contributed by atoms with van der Waals surface area (Å²) < 4.78 is 10.8. The van der Waals surface area contributed by atoms with Gasteiger partial charge in [0.1, 0.15) is 11.4 Å². The Morgan fingerprint density at radius 1 is 1.42 bits per heavy atom. The van der Waals surface area contributed by atoms with E-state index < -0.39 is 5.60 Å². The lowest BCUT2D eigenvalue weighted by Crippen LogP contribution is -2.42. The second-order valence-corrected chi connectivity index (χ2v) is 6.98. The molecule has 1 aromatic heterocycles. The molecule has 1 amide bonds. The molecular weight excluding hydrogens is 306 g/mol. The highest BCUT2D eigenvalue weighted by Gasteiger charge is 2.28. The Balaban J connectivity index is 1.92. The highest BCUT2D eigenvalue weighted by atomic mass is 16.6. The number of piperidine rings is 1. The molecule has 0 bridgehead atoms. The van der Waals surface area contributed by atoms with Crippen molar-refractivity contribution in [2.24, 2.45) is 5.92 Å². The SMILES string of the molecule is CN/C(=C\C(=N)C1CCN(C(=O)OC(C)(C)C)CC1)c1ccco1. The number of allylic oxidation sites excluding steroid dienone is 1. The number of nitrogens with zero attached hydrogens (tertiary/aromatic N) is 1. The van der Waals surface area contributed by atoms with E-state index in [0.29, 0.717) is 24.6 Å². The molecule has 0 unspecified atom stereocenters. The van der Waals surface area contributed by atoms with Gasteiger partial charge in [-0.3, -0.25) is 0 Å². The van der Waals surface area contributed by atoms with E-state index in [4.69, 9.17) is 14.6 Å². The highest BCUT2D eigenvalue weighted by molar-refractivity contribution is 5.99. The lowest BCUT2D eigenvalue weighted by atomic mass is 9.91. The van der Waals surface area contributed by atoms with Crippen LogP contribution in [0.2, 0.25) is 0 Å². The van der Waals surface area contributed by atoms with Crippen LogP contribution in [0.5, 0.6) is 0 Å². The normalized spacial score (nSPS) is 16.8. The molecule has 1 aromatic rings. The first kappa shape index (κ1) is 18.1. The van der Waals surface area contributed by atoms with Crippen LogP contribution in [-0.4, -0.2) is 42.4 Å². The predicted molar refractivity (Wildman–Crippen MR) is 94.0 cm³/mol. The summed E-state index contributed by atoms with van der Waals surface area (Å²) in [5.41, 5.74) is 0.868. The summed E-state index contributed by atoms with van der Waals surface area (Å²) >= 11 is 0. The minimum atomic E-state index is -0.478. The molecule has 6 heteroatoms. The maximum atomic E-state index is 12.1. The Hall–Kier alpha value is -2.24. The highest BCUT2D eigenvalue weighted by Crippen LogP contribution is 2.22. The average Bonchev–Trinajstić information content (AvgIpc) is 3.05. The van der Waals surface area contributed by atoms with Gasteiger partial charge in [0, 0.05) is 31.8 Å². The second-order valence-electron chi connectivity index (χ2n) is 6.98. The number of hydrogen-bond acceptors (Lipinski definition) is 5. The Bertz CT molecular complexity index is 592. The van der Waals surface area contributed by atoms with Gasteiger partial charge in [0.25, 0.3) is 0 Å². The summed E-state index contributed by atoms with van der Waals surface area (Å²) in [4.78, 5) is 13.8. The number of furan rings is 1. The minimum absolute atomic E-state index is 0.141. The number of ether oxygens (including phenoxy) is 1. The third-order valence-corrected chi connectivity index (χ3v) is 3.94. The van der Waals surface area contributed by atoms with Crippen LogP contribution < -0.4 is 5.32 Å². The van der Waals surface area contributed by atoms with Crippen molar-refractivity contribution < 1.29 is 13.9 Å². The van der Waals surface area contributed by atoms with E-state index >= 15 is 0 Å². The van der Waals surface area contributed by atoms with Crippen LogP contribution in [0.15, 0.2) is 28.9 Å². The van der Waals surface area contributed by atoms with E-state index in [9.17, 15) is 4.79 Å². The van der Waals surface area contributed by atoms with Crippen molar-refractivity contribution >= 4 is 17.5 Å². The molecule has 0 aromatic carbocycles. The molecule has 6 nitrogen and oxygen atoms in total. The molecule has 0 aliphatic carbocycles. The van der Waals surface area contributed by atoms with Gasteiger partial charge in [0.2, 0.25) is 0 Å². The van der Waals surface area contributed by atoms with Crippen molar-refractivity contribution in [2.45, 2.75) is 39.2 Å². The zero-order valence-electron chi connectivity index (χ0n) is 14.9. The molecule has 1 aliphatic heterocycles. The van der Waals surface area contributed by atoms with Crippen molar-refractivity contribution in [1.82, 2.24) is 10.2 Å². The standard InChI is InChI=1S/C18H27N3O3/c1-18(2,3)24-17(22)21-9-7-13(8-10-21)14(19)12-15(20-4)16-6-5-11-23-16/h5-6,11-13,19-20H,7-10H2,1-4H3/b15-12-,19-14?. The quantitative estimate of drug-likeness (QED) is 0.827. The topological polar surface area (TPSA) is 78.6 Å². The maximum Gasteiger partial charge on any atom is 0.410 e. The Kier molecular flexibility index (Phi) is 5.70. The molecule has 1 fully saturated rings. The lowest BCUT2D eigenvalue weighted by molar-refractivity contribution is 0.0202. The summed E-state index contributed by atoms with van der Waals surface area (Å²) in [7, 11) is 1.81. The number of hydrogen-bond donors (Lipinski definition) is 2. The molecule has 0 atom stereocenters. The van der Waals surface area contributed by atoms with E-state index in [1.165, 1.54) is 0 Å². The summed E-state index contributed by atoms with van der Waals surface area (Å²) in [6.07, 6.45) is 4.69. The maximum absolute atomic E-state index is 12.1. The molecule has 0 radical (unpaired) electrons. The summed E-state index contributed by atoms with van der Waals surface area (Å²) in [5, 5.41) is 11.4. The summed E-state index contributed by atoms with van der Waals surface area (Å²) in [6.45, 7) is 6.83. The van der Waals surface area contributed by atoms with Gasteiger partial charge in [-0.1, -0.05) is 0 Å². The second kappa shape index (κ2) is 7.55. The number of amides is 1. The van der Waals surface area contributed by atoms with Crippen LogP contribution in [0.4, 0.5) is 4.79 Å². The number of carbonyl (C=O) groups excluding carboxylic acids is 1. The number of nitrogens with one attached hydrogen (secondary N) is 2. The molecular formula is C18H27N3O3. The Morgan fingerprint density at radius 3 is 2.58 bits per heavy atom. The van der Waals surface area contributed by atoms with Gasteiger partial charge in [-0.25, -0.2) is 4.79 Å². The predicted octanol–water partition coefficient (Wildman–Crippen LogP) is 3.51. The third-order valence-electron chi connectivity index (χ3n) is 3.94. The van der Waals surface area contributed by atoms with Gasteiger partial charge >= 0.3 is 6.09 Å². The molecule has 132 valence electrons. The summed E-state index contributed by atoms with van der Waals surface area (Å²) in [5.74, 6) is 0.857. The van der Waals surface area contributed by atoms with Crippen molar-refractivity contribution in [3.8, 4) is 0 Å². The zero-order valence-corrected chi connectivity index (χ0v) is 14.9. The lowest BCUT2D eigenvalue weighted by Gasteiger charge is -2.33. The van der Waals surface area contributed by atoms with Crippen molar-refractivity contribution in [3.05, 3.63) is 30.2 Å². The van der Waals surface area contributed by atoms with Crippen LogP contribution in [0.3, 0.4) is 0 Å². The van der Waals surface area contributed by atoms with Gasteiger partial charge < -0.3 is 24.8 Å². The van der Waals surface area contributed by atoms with Gasteiger partial charge in [-0.2, -0.15) is 0 Å². The van der Waals surface area contributed by atoms with E-state index in [-0.39, 0.29) is 12.0 Å². The van der Waals surface area contributed by atoms with Crippen LogP contribution in [0.1, 0.15) is 39.4 Å². The first-order valence-corrected chi connectivity index (χ1v) is 8.30. The Morgan fingerprint density at radius 2 is 2.08 bits per heavy atom. The molecule has 1 aliphatic rings. The molecule has 1 saturated heterocycles. The fourth-order valence-corrected chi connectivity index (χ4v) is 2.67. The van der Waals surface area contributed by atoms with Crippen LogP contribution in [-0.2, 0) is 4.74 Å². The van der Waals surface area contributed by atoms with Crippen molar-refractivity contribution in [2.75, 3.05) is 20.1 Å². The smallest absolute Gasteiger partial charge is 0.410 e. The van der Waals surface area contributed by atoms with Gasteiger partial charge in [0.15, 0.2) is 0 Å². The van der Waals surface area contributed by atoms with Crippen molar-refractivity contribution in [3.63, 3.8) is 0 Å². The van der Waals surface area contributed by atoms with Crippen LogP contribution in [0, 0.1) is 11.3 Å². The van der Waals surface area contributed by atoms with E-state index in [2.05, 4.69) is 5.32 Å². The number of carbonyl (C=O) groups is 1. The summed E-state index contributed by atoms with van der Waals surface area (Å²) in [6, 6.07) is 3.68. The van der Waals surface area contributed by atoms with Crippen molar-refractivity contribution in [1.29, 1.82) is 5.41 Å². The third kappa shape index (κ3) is 4.88. The van der Waals surface area contributed by atoms with Gasteiger partial charge in [-0.15, -0.1) is 0 Å². The zero-order chi connectivity index (χ0) is 17.7. The fourth-order valence-electron chi connectivity index (χ4n) is 2.67.